The molecule has 2 N–H and O–H groups in total. The van der Waals surface area contributed by atoms with Gasteiger partial charge in [0.25, 0.3) is 0 Å². The minimum atomic E-state index is 0.641. The molecule has 1 aliphatic heterocycles. The Bertz CT molecular complexity index is 350. The van der Waals surface area contributed by atoms with E-state index < -0.39 is 0 Å². The summed E-state index contributed by atoms with van der Waals surface area (Å²) in [6, 6.07) is 4.97. The maximum atomic E-state index is 3.57. The molecule has 5 heteroatoms. The van der Waals surface area contributed by atoms with Crippen LogP contribution in [0.4, 0.5) is 0 Å². The zero-order chi connectivity index (χ0) is 12.8. The molecule has 0 amide bonds. The number of nitrogens with zero attached hydrogens (tertiary/aromatic N) is 1. The highest BCUT2D eigenvalue weighted by Gasteiger charge is 2.15. The van der Waals surface area contributed by atoms with Gasteiger partial charge < -0.3 is 10.6 Å². The molecule has 0 aromatic carbocycles. The fourth-order valence-electron chi connectivity index (χ4n) is 2.26. The molecular weight excluding hydrogens is 310 g/mol. The molecule has 1 aromatic rings. The molecule has 1 unspecified atom stereocenters. The number of hydrogen-bond acceptors (Lipinski definition) is 4. The Kier molecular flexibility index (Phi) is 6.11. The van der Waals surface area contributed by atoms with Crippen molar-refractivity contribution in [2.45, 2.75) is 19.4 Å². The average Bonchev–Trinajstić information content (AvgIpc) is 2.81. The Balaban J connectivity index is 1.59. The first-order chi connectivity index (χ1) is 8.75. The number of hydrogen-bond donors (Lipinski definition) is 2. The molecule has 0 radical (unpaired) electrons. The van der Waals surface area contributed by atoms with Crippen molar-refractivity contribution in [3.8, 4) is 0 Å². The van der Waals surface area contributed by atoms with E-state index >= 15 is 0 Å². The van der Waals surface area contributed by atoms with Gasteiger partial charge >= 0.3 is 0 Å². The van der Waals surface area contributed by atoms with Crippen LogP contribution in [0.5, 0.6) is 0 Å². The summed E-state index contributed by atoms with van der Waals surface area (Å²) in [6.45, 7) is 9.11. The summed E-state index contributed by atoms with van der Waals surface area (Å²) >= 11 is 5.33. The first-order valence-electron chi connectivity index (χ1n) is 6.65. The van der Waals surface area contributed by atoms with Gasteiger partial charge in [0, 0.05) is 50.2 Å². The van der Waals surface area contributed by atoms with Gasteiger partial charge in [0.05, 0.1) is 3.79 Å². The summed E-state index contributed by atoms with van der Waals surface area (Å²) in [7, 11) is 0. The zero-order valence-electron chi connectivity index (χ0n) is 10.9. The predicted molar refractivity (Wildman–Crippen MR) is 82.5 cm³/mol. The van der Waals surface area contributed by atoms with Crippen LogP contribution in [-0.2, 0) is 6.42 Å². The Morgan fingerprint density at radius 3 is 2.89 bits per heavy atom. The van der Waals surface area contributed by atoms with Crippen LogP contribution >= 0.6 is 27.3 Å². The Hall–Kier alpha value is 0.0600. The van der Waals surface area contributed by atoms with Gasteiger partial charge in [-0.1, -0.05) is 0 Å². The number of halogens is 1. The number of rotatable bonds is 6. The van der Waals surface area contributed by atoms with E-state index in [4.69, 9.17) is 0 Å². The normalized spacial score (nSPS) is 19.0. The summed E-state index contributed by atoms with van der Waals surface area (Å²) < 4.78 is 1.23. The number of piperazine rings is 1. The maximum absolute atomic E-state index is 3.57. The summed E-state index contributed by atoms with van der Waals surface area (Å²) in [4.78, 5) is 4.01. The topological polar surface area (TPSA) is 27.3 Å². The third kappa shape index (κ3) is 4.63. The maximum Gasteiger partial charge on any atom is 0.0701 e. The van der Waals surface area contributed by atoms with Crippen molar-refractivity contribution in [3.05, 3.63) is 20.8 Å². The first-order valence-corrected chi connectivity index (χ1v) is 8.26. The molecule has 1 saturated heterocycles. The van der Waals surface area contributed by atoms with E-state index in [2.05, 4.69) is 50.5 Å². The molecule has 1 aromatic heterocycles. The summed E-state index contributed by atoms with van der Waals surface area (Å²) in [5, 5.41) is 6.97. The van der Waals surface area contributed by atoms with Crippen molar-refractivity contribution in [2.24, 2.45) is 0 Å². The smallest absolute Gasteiger partial charge is 0.0701 e. The highest BCUT2D eigenvalue weighted by atomic mass is 79.9. The van der Waals surface area contributed by atoms with Crippen molar-refractivity contribution in [1.82, 2.24) is 15.5 Å². The molecule has 0 spiro atoms. The van der Waals surface area contributed by atoms with Gasteiger partial charge in [0.15, 0.2) is 0 Å². The van der Waals surface area contributed by atoms with Gasteiger partial charge in [-0.05, 0) is 41.4 Å². The molecular formula is C13H22BrN3S. The second-order valence-electron chi connectivity index (χ2n) is 4.79. The molecule has 0 saturated carbocycles. The van der Waals surface area contributed by atoms with E-state index in [1.54, 1.807) is 0 Å². The van der Waals surface area contributed by atoms with Gasteiger partial charge in [-0.2, -0.15) is 0 Å². The second kappa shape index (κ2) is 7.60. The molecule has 102 valence electrons. The lowest BCUT2D eigenvalue weighted by Crippen LogP contribution is -2.50. The molecule has 2 heterocycles. The summed E-state index contributed by atoms with van der Waals surface area (Å²) in [5.41, 5.74) is 0. The SMILES string of the molecule is CC(CNCCc1ccc(Br)s1)N1CCNCC1. The van der Waals surface area contributed by atoms with Crippen LogP contribution in [0.2, 0.25) is 0 Å². The molecule has 1 aliphatic rings. The summed E-state index contributed by atoms with van der Waals surface area (Å²) in [5.74, 6) is 0. The van der Waals surface area contributed by atoms with Crippen LogP contribution in [0.1, 0.15) is 11.8 Å². The molecule has 0 aliphatic carbocycles. The standard InChI is InChI=1S/C13H22BrN3S/c1-11(17-8-6-15-7-9-17)10-16-5-4-12-2-3-13(14)18-12/h2-3,11,15-16H,4-10H2,1H3. The Morgan fingerprint density at radius 1 is 1.44 bits per heavy atom. The molecule has 1 atom stereocenters. The predicted octanol–water partition coefficient (Wildman–Crippen LogP) is 1.94. The Morgan fingerprint density at radius 2 is 2.22 bits per heavy atom. The fraction of sp³-hybridized carbons (Fsp3) is 0.692. The minimum absolute atomic E-state index is 0.641. The minimum Gasteiger partial charge on any atom is -0.315 e. The van der Waals surface area contributed by atoms with E-state index in [9.17, 15) is 0 Å². The van der Waals surface area contributed by atoms with Crippen molar-refractivity contribution in [2.75, 3.05) is 39.3 Å². The highest BCUT2D eigenvalue weighted by Crippen LogP contribution is 2.21. The number of thiophene rings is 1. The molecule has 18 heavy (non-hydrogen) atoms. The van der Waals surface area contributed by atoms with E-state index in [1.807, 2.05) is 11.3 Å². The van der Waals surface area contributed by atoms with E-state index in [-0.39, 0.29) is 0 Å². The van der Waals surface area contributed by atoms with Crippen LogP contribution in [0, 0.1) is 0 Å². The van der Waals surface area contributed by atoms with Crippen molar-refractivity contribution < 1.29 is 0 Å². The van der Waals surface area contributed by atoms with Crippen molar-refractivity contribution >= 4 is 27.3 Å². The molecule has 1 fully saturated rings. The van der Waals surface area contributed by atoms with Crippen LogP contribution in [0.15, 0.2) is 15.9 Å². The lowest BCUT2D eigenvalue weighted by molar-refractivity contribution is 0.181. The second-order valence-corrected chi connectivity index (χ2v) is 7.34. The van der Waals surface area contributed by atoms with Gasteiger partial charge in [0.1, 0.15) is 0 Å². The fourth-order valence-corrected chi connectivity index (χ4v) is 3.74. The highest BCUT2D eigenvalue weighted by molar-refractivity contribution is 9.11. The van der Waals surface area contributed by atoms with Gasteiger partial charge in [-0.15, -0.1) is 11.3 Å². The first kappa shape index (κ1) is 14.5. The van der Waals surface area contributed by atoms with E-state index in [0.29, 0.717) is 6.04 Å². The third-order valence-electron chi connectivity index (χ3n) is 3.39. The van der Waals surface area contributed by atoms with Crippen LogP contribution in [0.25, 0.3) is 0 Å². The summed E-state index contributed by atoms with van der Waals surface area (Å²) in [6.07, 6.45) is 1.13. The largest absolute Gasteiger partial charge is 0.315 e. The third-order valence-corrected chi connectivity index (χ3v) is 5.08. The van der Waals surface area contributed by atoms with Crippen molar-refractivity contribution in [1.29, 1.82) is 0 Å². The van der Waals surface area contributed by atoms with E-state index in [0.717, 1.165) is 32.6 Å². The quantitative estimate of drug-likeness (QED) is 0.780. The van der Waals surface area contributed by atoms with Gasteiger partial charge in [-0.3, -0.25) is 4.90 Å². The lowest BCUT2D eigenvalue weighted by atomic mass is 10.2. The van der Waals surface area contributed by atoms with Crippen LogP contribution in [0.3, 0.4) is 0 Å². The lowest BCUT2D eigenvalue weighted by Gasteiger charge is -2.32. The van der Waals surface area contributed by atoms with Gasteiger partial charge in [-0.25, -0.2) is 0 Å². The van der Waals surface area contributed by atoms with Gasteiger partial charge in [0.2, 0.25) is 0 Å². The monoisotopic (exact) mass is 331 g/mol. The Labute approximate surface area is 122 Å². The molecule has 3 nitrogen and oxygen atoms in total. The van der Waals surface area contributed by atoms with Crippen LogP contribution < -0.4 is 10.6 Å². The van der Waals surface area contributed by atoms with Crippen molar-refractivity contribution in [3.63, 3.8) is 0 Å². The number of nitrogens with one attached hydrogen (secondary N) is 2. The van der Waals surface area contributed by atoms with Crippen LogP contribution in [-0.4, -0.2) is 50.2 Å². The van der Waals surface area contributed by atoms with E-state index in [1.165, 1.54) is 21.8 Å². The zero-order valence-corrected chi connectivity index (χ0v) is 13.3. The molecule has 0 bridgehead atoms. The average molecular weight is 332 g/mol. The molecule has 2 rings (SSSR count).